The molecular formula is C101H204O4. The summed E-state index contributed by atoms with van der Waals surface area (Å²) in [5.41, 5.74) is -3.65. The van der Waals surface area contributed by atoms with E-state index >= 15 is 5.11 Å². The van der Waals surface area contributed by atoms with Crippen molar-refractivity contribution in [2.24, 2.45) is 52.8 Å². The Morgan fingerprint density at radius 3 is 0.467 bits per heavy atom. The fourth-order valence-electron chi connectivity index (χ4n) is 18.6. The van der Waals surface area contributed by atoms with Gasteiger partial charge in [-0.2, -0.15) is 0 Å². The SMILES string of the molecule is CC(C)CCCCCCCCCOC(CCCCCCCCCC(C)C)(CCCCCCCCCC(C)C)C(CO)(C(O)(CCCCCCCCCC(C)C)CCCCCCCCCC(C)C)C(CCCCCCCCCC(C)C)(CCCCCCCCCC(C)C)OCCCCCCCCCC(C)C. The maximum Gasteiger partial charge on any atom is 0.0816 e. The summed E-state index contributed by atoms with van der Waals surface area (Å²) < 4.78 is 17.0. The monoisotopic (exact) mass is 1480 g/mol. The molecule has 0 aliphatic rings. The summed E-state index contributed by atoms with van der Waals surface area (Å²) >= 11 is 0. The lowest BCUT2D eigenvalue weighted by molar-refractivity contribution is -0.326. The molecule has 0 saturated carbocycles. The van der Waals surface area contributed by atoms with Gasteiger partial charge < -0.3 is 19.7 Å². The molecule has 0 rings (SSSR count). The second-order valence-corrected chi connectivity index (χ2v) is 39.5. The summed E-state index contributed by atoms with van der Waals surface area (Å²) in [5.74, 6) is 6.28. The quantitative estimate of drug-likeness (QED) is 0.0596. The molecule has 0 fully saturated rings. The van der Waals surface area contributed by atoms with Gasteiger partial charge in [0, 0.05) is 13.2 Å². The van der Waals surface area contributed by atoms with Crippen LogP contribution in [-0.2, 0) is 9.47 Å². The van der Waals surface area contributed by atoms with Crippen molar-refractivity contribution >= 4 is 0 Å². The highest BCUT2D eigenvalue weighted by Gasteiger charge is 2.71. The third-order valence-electron chi connectivity index (χ3n) is 25.4. The molecule has 0 aromatic rings. The molecule has 0 aromatic heterocycles. The number of unbranched alkanes of at least 4 members (excludes halogenated alkanes) is 48. The molecule has 0 saturated heterocycles. The van der Waals surface area contributed by atoms with Crippen molar-refractivity contribution in [3.63, 3.8) is 0 Å². The van der Waals surface area contributed by atoms with Crippen LogP contribution < -0.4 is 0 Å². The third-order valence-corrected chi connectivity index (χ3v) is 25.4. The van der Waals surface area contributed by atoms with Gasteiger partial charge in [-0.25, -0.2) is 0 Å². The van der Waals surface area contributed by atoms with E-state index in [0.717, 1.165) is 163 Å². The van der Waals surface area contributed by atoms with E-state index in [9.17, 15) is 5.11 Å². The Morgan fingerprint density at radius 1 is 0.181 bits per heavy atom. The molecule has 2 N–H and O–H groups in total. The van der Waals surface area contributed by atoms with Crippen LogP contribution in [0.15, 0.2) is 0 Å². The largest absolute Gasteiger partial charge is 0.395 e. The number of aliphatic hydroxyl groups excluding tert-OH is 1. The lowest BCUT2D eigenvalue weighted by atomic mass is 9.47. The van der Waals surface area contributed by atoms with Gasteiger partial charge in [0.05, 0.1) is 28.8 Å². The van der Waals surface area contributed by atoms with E-state index in [4.69, 9.17) is 9.47 Å². The second-order valence-electron chi connectivity index (χ2n) is 39.5. The first-order chi connectivity index (χ1) is 50.6. The van der Waals surface area contributed by atoms with E-state index in [0.29, 0.717) is 0 Å². The molecule has 0 bridgehead atoms. The predicted octanol–water partition coefficient (Wildman–Crippen LogP) is 34.8. The number of hydrogen-bond donors (Lipinski definition) is 2. The van der Waals surface area contributed by atoms with Crippen molar-refractivity contribution in [3.8, 4) is 0 Å². The van der Waals surface area contributed by atoms with Crippen LogP contribution in [0.4, 0.5) is 0 Å². The fraction of sp³-hybridized carbons (Fsp3) is 1.00. The first kappa shape index (κ1) is 105. The lowest BCUT2D eigenvalue weighted by Crippen LogP contribution is -2.75. The summed E-state index contributed by atoms with van der Waals surface area (Å²) in [6, 6.07) is 0. The van der Waals surface area contributed by atoms with Crippen LogP contribution in [0, 0.1) is 52.8 Å². The van der Waals surface area contributed by atoms with Crippen molar-refractivity contribution in [1.29, 1.82) is 0 Å². The maximum atomic E-state index is 15.7. The molecule has 0 aliphatic heterocycles. The van der Waals surface area contributed by atoms with Crippen LogP contribution in [-0.4, -0.2) is 46.8 Å². The van der Waals surface area contributed by atoms with Crippen molar-refractivity contribution in [2.75, 3.05) is 19.8 Å². The van der Waals surface area contributed by atoms with Crippen molar-refractivity contribution < 1.29 is 19.7 Å². The Bertz CT molecular complexity index is 1540. The molecule has 632 valence electrons. The van der Waals surface area contributed by atoms with Gasteiger partial charge >= 0.3 is 0 Å². The van der Waals surface area contributed by atoms with Crippen LogP contribution in [0.5, 0.6) is 0 Å². The van der Waals surface area contributed by atoms with Gasteiger partial charge in [-0.3, -0.25) is 0 Å². The van der Waals surface area contributed by atoms with Gasteiger partial charge in [0.2, 0.25) is 0 Å². The van der Waals surface area contributed by atoms with Crippen LogP contribution in [0.25, 0.3) is 0 Å². The second kappa shape index (κ2) is 72.8. The van der Waals surface area contributed by atoms with Gasteiger partial charge in [0.1, 0.15) is 0 Å². The lowest BCUT2D eigenvalue weighted by Gasteiger charge is -2.66. The fourth-order valence-corrected chi connectivity index (χ4v) is 18.6. The molecular weight excluding hydrogens is 1280 g/mol. The summed E-state index contributed by atoms with van der Waals surface area (Å²) in [5, 5.41) is 29.9. The first-order valence-electron chi connectivity index (χ1n) is 49.3. The standard InChI is InChI=1S/C101H204O4/c1-90(2)73-57-41-25-17-33-49-65-81-98(103,82-66-50-34-18-26-42-58-74-91(3)4)101(89-102,99(83-67-51-35-19-27-43-59-75-92(5)6,84-68-52-36-20-28-44-60-76-93(7)8)104-87-71-55-39-23-31-47-63-79-96(13)14)100(85-69-53-37-21-29-45-61-77-94(9)10,86-70-54-38-22-30-46-62-78-95(11)12)105-88-72-56-40-24-32-48-64-80-97(15)16/h90-97,102-103H,17-89H2,1-16H3. The molecule has 0 heterocycles. The Balaban J connectivity index is 9.04. The van der Waals surface area contributed by atoms with E-state index < -0.39 is 22.2 Å². The Hall–Kier alpha value is -0.160. The Kier molecular flexibility index (Phi) is 72.7. The third kappa shape index (κ3) is 58.4. The molecule has 0 aromatic carbocycles. The van der Waals surface area contributed by atoms with Crippen molar-refractivity contribution in [3.05, 3.63) is 0 Å². The summed E-state index contributed by atoms with van der Waals surface area (Å²) in [6.45, 7) is 39.7. The topological polar surface area (TPSA) is 58.9 Å². The molecule has 0 unspecified atom stereocenters. The van der Waals surface area contributed by atoms with E-state index in [1.165, 1.54) is 347 Å². The molecule has 0 aliphatic carbocycles. The Morgan fingerprint density at radius 2 is 0.314 bits per heavy atom. The highest BCUT2D eigenvalue weighted by atomic mass is 16.5. The normalized spacial score (nSPS) is 13.0. The van der Waals surface area contributed by atoms with Gasteiger partial charge in [0.25, 0.3) is 0 Å². The predicted molar refractivity (Wildman–Crippen MR) is 474 cm³/mol. The summed E-state index contributed by atoms with van der Waals surface area (Å²) in [7, 11) is 0. The van der Waals surface area contributed by atoms with E-state index in [-0.39, 0.29) is 6.61 Å². The summed E-state index contributed by atoms with van der Waals surface area (Å²) in [6.07, 6.45) is 87.0. The average molecular weight is 1480 g/mol. The average Bonchev–Trinajstić information content (AvgIpc) is 0.694. The van der Waals surface area contributed by atoms with Crippen molar-refractivity contribution in [1.82, 2.24) is 0 Å². The smallest absolute Gasteiger partial charge is 0.0816 e. The molecule has 105 heavy (non-hydrogen) atoms. The maximum absolute atomic E-state index is 15.7. The molecule has 0 radical (unpaired) electrons. The zero-order valence-electron chi connectivity index (χ0n) is 75.9. The summed E-state index contributed by atoms with van der Waals surface area (Å²) in [4.78, 5) is 0. The van der Waals surface area contributed by atoms with Crippen LogP contribution in [0.2, 0.25) is 0 Å². The minimum absolute atomic E-state index is 0.0423. The van der Waals surface area contributed by atoms with E-state index in [1.54, 1.807) is 0 Å². The zero-order chi connectivity index (χ0) is 77.7. The van der Waals surface area contributed by atoms with Crippen LogP contribution in [0.1, 0.15) is 560 Å². The first-order valence-corrected chi connectivity index (χ1v) is 49.3. The highest BCUT2D eigenvalue weighted by Crippen LogP contribution is 2.63. The zero-order valence-corrected chi connectivity index (χ0v) is 75.9. The van der Waals surface area contributed by atoms with Crippen LogP contribution in [0.3, 0.4) is 0 Å². The van der Waals surface area contributed by atoms with E-state index in [1.807, 2.05) is 0 Å². The van der Waals surface area contributed by atoms with Gasteiger partial charge in [-0.05, 0) is 98.7 Å². The molecule has 4 heteroatoms. The minimum atomic E-state index is -1.16. The molecule has 4 nitrogen and oxygen atoms in total. The van der Waals surface area contributed by atoms with Gasteiger partial charge in [-0.1, -0.05) is 509 Å². The van der Waals surface area contributed by atoms with Gasteiger partial charge in [-0.15, -0.1) is 0 Å². The van der Waals surface area contributed by atoms with E-state index in [2.05, 4.69) is 111 Å². The highest BCUT2D eigenvalue weighted by molar-refractivity contribution is 5.21. The van der Waals surface area contributed by atoms with Crippen molar-refractivity contribution in [2.45, 2.75) is 577 Å². The van der Waals surface area contributed by atoms with Gasteiger partial charge in [0.15, 0.2) is 0 Å². The number of ether oxygens (including phenoxy) is 2. The molecule has 0 spiro atoms. The molecule has 0 atom stereocenters. The van der Waals surface area contributed by atoms with Crippen LogP contribution >= 0.6 is 0 Å². The molecule has 0 amide bonds. The minimum Gasteiger partial charge on any atom is -0.395 e. The number of hydrogen-bond acceptors (Lipinski definition) is 4. The number of aliphatic hydroxyl groups is 2. The number of rotatable bonds is 86. The Labute approximate surface area is 665 Å².